The minimum Gasteiger partial charge on any atom is -0.325 e. The molecule has 0 amide bonds. The molecule has 1 aromatic carbocycles. The molecule has 0 aliphatic heterocycles. The predicted molar refractivity (Wildman–Crippen MR) is 53.9 cm³/mol. The Labute approximate surface area is 91.0 Å². The van der Waals surface area contributed by atoms with E-state index in [0.29, 0.717) is 5.02 Å². The number of benzene rings is 1. The Morgan fingerprint density at radius 1 is 1.20 bits per heavy atom. The second-order valence-corrected chi connectivity index (χ2v) is 3.85. The SMILES string of the molecule is CC(F)(c1ccc(Cl)cc1)C(F)(F)CN. The lowest BCUT2D eigenvalue weighted by Gasteiger charge is -2.29. The van der Waals surface area contributed by atoms with Crippen LogP contribution in [0.15, 0.2) is 24.3 Å². The van der Waals surface area contributed by atoms with Crippen molar-refractivity contribution in [2.75, 3.05) is 6.54 Å². The molecule has 15 heavy (non-hydrogen) atoms. The maximum atomic E-state index is 13.9. The highest BCUT2D eigenvalue weighted by atomic mass is 35.5. The van der Waals surface area contributed by atoms with E-state index in [2.05, 4.69) is 0 Å². The minimum atomic E-state index is -3.60. The Balaban J connectivity index is 3.10. The Morgan fingerprint density at radius 3 is 2.07 bits per heavy atom. The molecule has 1 atom stereocenters. The zero-order valence-electron chi connectivity index (χ0n) is 8.11. The molecule has 2 N–H and O–H groups in total. The van der Waals surface area contributed by atoms with Crippen LogP contribution >= 0.6 is 11.6 Å². The van der Waals surface area contributed by atoms with E-state index >= 15 is 0 Å². The number of alkyl halides is 3. The summed E-state index contributed by atoms with van der Waals surface area (Å²) in [6.45, 7) is -0.230. The molecule has 0 aromatic heterocycles. The van der Waals surface area contributed by atoms with E-state index in [1.54, 1.807) is 0 Å². The van der Waals surface area contributed by atoms with Crippen LogP contribution in [0.2, 0.25) is 5.02 Å². The lowest BCUT2D eigenvalue weighted by Crippen LogP contribution is -2.45. The third-order valence-electron chi connectivity index (χ3n) is 2.33. The van der Waals surface area contributed by atoms with Gasteiger partial charge in [-0.05, 0) is 24.6 Å². The summed E-state index contributed by atoms with van der Waals surface area (Å²) in [5.74, 6) is -3.60. The molecular weight excluding hydrogens is 227 g/mol. The van der Waals surface area contributed by atoms with Crippen molar-refractivity contribution in [2.24, 2.45) is 5.73 Å². The monoisotopic (exact) mass is 237 g/mol. The Bertz CT molecular complexity index is 335. The maximum Gasteiger partial charge on any atom is 0.297 e. The van der Waals surface area contributed by atoms with Crippen molar-refractivity contribution < 1.29 is 13.2 Å². The predicted octanol–water partition coefficient (Wildman–Crippen LogP) is 3.12. The van der Waals surface area contributed by atoms with Crippen LogP contribution < -0.4 is 5.73 Å². The molecule has 0 radical (unpaired) electrons. The molecule has 1 aromatic rings. The van der Waals surface area contributed by atoms with Crippen molar-refractivity contribution in [1.82, 2.24) is 0 Å². The van der Waals surface area contributed by atoms with Crippen molar-refractivity contribution in [1.29, 1.82) is 0 Å². The Morgan fingerprint density at radius 2 is 1.67 bits per heavy atom. The van der Waals surface area contributed by atoms with Gasteiger partial charge in [-0.3, -0.25) is 0 Å². The summed E-state index contributed by atoms with van der Waals surface area (Å²) in [5.41, 5.74) is 1.92. The number of rotatable bonds is 3. The third-order valence-corrected chi connectivity index (χ3v) is 2.58. The zero-order chi connectivity index (χ0) is 11.7. The number of halogens is 4. The fourth-order valence-electron chi connectivity index (χ4n) is 1.17. The summed E-state index contributed by atoms with van der Waals surface area (Å²) in [4.78, 5) is 0. The molecular formula is C10H11ClF3N. The van der Waals surface area contributed by atoms with Gasteiger partial charge >= 0.3 is 0 Å². The summed E-state index contributed by atoms with van der Waals surface area (Å²) in [6, 6.07) is 5.18. The van der Waals surface area contributed by atoms with Crippen molar-refractivity contribution >= 4 is 11.6 Å². The van der Waals surface area contributed by atoms with Crippen LogP contribution in [0.5, 0.6) is 0 Å². The Kier molecular flexibility index (Phi) is 3.31. The summed E-state index contributed by atoms with van der Waals surface area (Å²) >= 11 is 5.58. The van der Waals surface area contributed by atoms with E-state index in [1.165, 1.54) is 24.3 Å². The standard InChI is InChI=1S/C10H11ClF3N/c1-9(12,10(13,14)6-15)7-2-4-8(11)5-3-7/h2-5H,6,15H2,1H3. The number of hydrogen-bond donors (Lipinski definition) is 1. The van der Waals surface area contributed by atoms with Crippen molar-refractivity contribution in [2.45, 2.75) is 18.5 Å². The van der Waals surface area contributed by atoms with E-state index in [4.69, 9.17) is 17.3 Å². The first-order chi connectivity index (χ1) is 6.81. The second kappa shape index (κ2) is 4.02. The van der Waals surface area contributed by atoms with E-state index in [1.807, 2.05) is 0 Å². The van der Waals surface area contributed by atoms with Gasteiger partial charge in [-0.1, -0.05) is 23.7 Å². The van der Waals surface area contributed by atoms with Gasteiger partial charge in [0.15, 0.2) is 5.67 Å². The average molecular weight is 238 g/mol. The molecule has 1 unspecified atom stereocenters. The Hall–Kier alpha value is -0.740. The zero-order valence-corrected chi connectivity index (χ0v) is 8.86. The van der Waals surface area contributed by atoms with Gasteiger partial charge in [0.25, 0.3) is 5.92 Å². The van der Waals surface area contributed by atoms with Crippen LogP contribution in [-0.4, -0.2) is 12.5 Å². The summed E-state index contributed by atoms with van der Waals surface area (Å²) in [5, 5.41) is 0.366. The largest absolute Gasteiger partial charge is 0.325 e. The van der Waals surface area contributed by atoms with Gasteiger partial charge in [-0.25, -0.2) is 13.2 Å². The van der Waals surface area contributed by atoms with Crippen molar-refractivity contribution in [3.8, 4) is 0 Å². The molecule has 0 saturated carbocycles. The molecule has 84 valence electrons. The summed E-state index contributed by atoms with van der Waals surface area (Å²) < 4.78 is 40.2. The topological polar surface area (TPSA) is 26.0 Å². The van der Waals surface area contributed by atoms with Gasteiger partial charge in [-0.15, -0.1) is 0 Å². The van der Waals surface area contributed by atoms with Crippen LogP contribution in [0.3, 0.4) is 0 Å². The van der Waals surface area contributed by atoms with E-state index in [9.17, 15) is 13.2 Å². The van der Waals surface area contributed by atoms with E-state index in [-0.39, 0.29) is 5.56 Å². The third kappa shape index (κ3) is 2.26. The molecule has 1 nitrogen and oxygen atoms in total. The quantitative estimate of drug-likeness (QED) is 0.859. The molecule has 0 fully saturated rings. The number of hydrogen-bond acceptors (Lipinski definition) is 1. The summed E-state index contributed by atoms with van der Waals surface area (Å²) in [7, 11) is 0. The van der Waals surface area contributed by atoms with Crippen molar-refractivity contribution in [3.05, 3.63) is 34.9 Å². The molecule has 0 saturated heterocycles. The van der Waals surface area contributed by atoms with Gasteiger partial charge in [0.1, 0.15) is 0 Å². The van der Waals surface area contributed by atoms with Crippen LogP contribution in [0.25, 0.3) is 0 Å². The average Bonchev–Trinajstić information content (AvgIpc) is 2.18. The number of nitrogens with two attached hydrogens (primary N) is 1. The van der Waals surface area contributed by atoms with Gasteiger partial charge < -0.3 is 5.73 Å². The molecule has 0 heterocycles. The second-order valence-electron chi connectivity index (χ2n) is 3.42. The normalized spacial score (nSPS) is 16.1. The first-order valence-corrected chi connectivity index (χ1v) is 4.72. The van der Waals surface area contributed by atoms with Gasteiger partial charge in [-0.2, -0.15) is 0 Å². The highest BCUT2D eigenvalue weighted by molar-refractivity contribution is 6.30. The molecule has 0 bridgehead atoms. The fourth-order valence-corrected chi connectivity index (χ4v) is 1.29. The minimum absolute atomic E-state index is 0.137. The first-order valence-electron chi connectivity index (χ1n) is 4.34. The molecule has 0 aliphatic carbocycles. The van der Waals surface area contributed by atoms with Crippen LogP contribution in [0.4, 0.5) is 13.2 Å². The molecule has 0 spiro atoms. The summed E-state index contributed by atoms with van der Waals surface area (Å²) in [6.07, 6.45) is 0. The first kappa shape index (κ1) is 12.3. The highest BCUT2D eigenvalue weighted by Gasteiger charge is 2.51. The highest BCUT2D eigenvalue weighted by Crippen LogP contribution is 2.40. The van der Waals surface area contributed by atoms with Crippen LogP contribution in [0, 0.1) is 0 Å². The fraction of sp³-hybridized carbons (Fsp3) is 0.400. The maximum absolute atomic E-state index is 13.9. The van der Waals surface area contributed by atoms with Crippen LogP contribution in [0.1, 0.15) is 12.5 Å². The van der Waals surface area contributed by atoms with Crippen molar-refractivity contribution in [3.63, 3.8) is 0 Å². The lowest BCUT2D eigenvalue weighted by atomic mass is 9.91. The smallest absolute Gasteiger partial charge is 0.297 e. The van der Waals surface area contributed by atoms with Crippen LogP contribution in [-0.2, 0) is 5.67 Å². The van der Waals surface area contributed by atoms with E-state index < -0.39 is 18.1 Å². The molecule has 5 heteroatoms. The molecule has 0 aliphatic rings. The van der Waals surface area contributed by atoms with Gasteiger partial charge in [0, 0.05) is 5.02 Å². The van der Waals surface area contributed by atoms with Gasteiger partial charge in [0.2, 0.25) is 0 Å². The van der Waals surface area contributed by atoms with E-state index in [0.717, 1.165) is 6.92 Å². The molecule has 1 rings (SSSR count). The van der Waals surface area contributed by atoms with Gasteiger partial charge in [0.05, 0.1) is 6.54 Å². The lowest BCUT2D eigenvalue weighted by molar-refractivity contribution is -0.126.